The van der Waals surface area contributed by atoms with Crippen molar-refractivity contribution in [1.82, 2.24) is 0 Å². The molecule has 0 aliphatic carbocycles. The van der Waals surface area contributed by atoms with Crippen molar-refractivity contribution >= 4 is 47.5 Å². The molecule has 1 fully saturated rings. The molecular formula is C28H30BNO2S. The van der Waals surface area contributed by atoms with E-state index >= 15 is 0 Å². The maximum absolute atomic E-state index is 6.33. The number of benzene rings is 3. The smallest absolute Gasteiger partial charge is 0.399 e. The van der Waals surface area contributed by atoms with Crippen molar-refractivity contribution in [3.8, 4) is 0 Å². The molecule has 5 rings (SSSR count). The van der Waals surface area contributed by atoms with Gasteiger partial charge in [0.25, 0.3) is 0 Å². The highest BCUT2D eigenvalue weighted by molar-refractivity contribution is 7.99. The third-order valence-electron chi connectivity index (χ3n) is 6.94. The first-order chi connectivity index (χ1) is 15.7. The van der Waals surface area contributed by atoms with E-state index in [-0.39, 0.29) is 18.3 Å². The Hall–Kier alpha value is -2.47. The van der Waals surface area contributed by atoms with Crippen molar-refractivity contribution in [2.24, 2.45) is 0 Å². The maximum atomic E-state index is 6.33. The van der Waals surface area contributed by atoms with Gasteiger partial charge in [0.1, 0.15) is 0 Å². The highest BCUT2D eigenvalue weighted by atomic mass is 32.2. The molecule has 3 aromatic rings. The fourth-order valence-corrected chi connectivity index (χ4v) is 5.41. The number of hydrogen-bond acceptors (Lipinski definition) is 4. The average Bonchev–Trinajstić information content (AvgIpc) is 3.00. The van der Waals surface area contributed by atoms with Crippen LogP contribution in [0, 0.1) is 6.92 Å². The Kier molecular flexibility index (Phi) is 5.47. The summed E-state index contributed by atoms with van der Waals surface area (Å²) in [6.07, 6.45) is 4.27. The Morgan fingerprint density at radius 3 is 2.27 bits per heavy atom. The van der Waals surface area contributed by atoms with Crippen LogP contribution in [0.2, 0.25) is 0 Å². The molecule has 0 atom stereocenters. The minimum atomic E-state index is -0.368. The monoisotopic (exact) mass is 455 g/mol. The first-order valence-electron chi connectivity index (χ1n) is 11.5. The molecule has 0 N–H and O–H groups in total. The molecular weight excluding hydrogens is 425 g/mol. The van der Waals surface area contributed by atoms with Crippen LogP contribution >= 0.6 is 11.8 Å². The second kappa shape index (κ2) is 8.09. The van der Waals surface area contributed by atoms with Gasteiger partial charge in [0.2, 0.25) is 0 Å². The van der Waals surface area contributed by atoms with Crippen molar-refractivity contribution in [2.45, 2.75) is 62.5 Å². The zero-order valence-electron chi connectivity index (χ0n) is 20.2. The molecule has 0 unspecified atom stereocenters. The standard InChI is InChI=1S/C28H30BNO2S/c1-7-10-20-17-22(15-13-19(20)2)30-23-11-8-9-12-25(23)33-26-18-21(14-16-24(26)30)29-31-27(3,4)28(5,6)32-29/h7-18H,1-6H3/b10-7-. The fourth-order valence-electron chi connectivity index (χ4n) is 4.30. The number of para-hydroxylation sites is 1. The number of aryl methyl sites for hydroxylation is 1. The minimum absolute atomic E-state index is 0.357. The summed E-state index contributed by atoms with van der Waals surface area (Å²) in [5.74, 6) is 0. The lowest BCUT2D eigenvalue weighted by atomic mass is 9.79. The van der Waals surface area contributed by atoms with Crippen LogP contribution in [-0.2, 0) is 9.31 Å². The molecule has 33 heavy (non-hydrogen) atoms. The van der Waals surface area contributed by atoms with Crippen LogP contribution in [0.25, 0.3) is 6.08 Å². The predicted octanol–water partition coefficient (Wildman–Crippen LogP) is 7.26. The molecule has 1 saturated heterocycles. The van der Waals surface area contributed by atoms with Gasteiger partial charge in [-0.3, -0.25) is 0 Å². The molecule has 3 nitrogen and oxygen atoms in total. The third kappa shape index (κ3) is 3.82. The number of rotatable bonds is 3. The summed E-state index contributed by atoms with van der Waals surface area (Å²) in [4.78, 5) is 4.81. The second-order valence-electron chi connectivity index (χ2n) is 9.76. The topological polar surface area (TPSA) is 21.7 Å². The first-order valence-corrected chi connectivity index (χ1v) is 12.3. The molecule has 2 aliphatic heterocycles. The van der Waals surface area contributed by atoms with Crippen LogP contribution in [-0.4, -0.2) is 18.3 Å². The lowest BCUT2D eigenvalue weighted by Gasteiger charge is -2.33. The zero-order chi connectivity index (χ0) is 23.4. The van der Waals surface area contributed by atoms with Gasteiger partial charge in [-0.15, -0.1) is 0 Å². The first kappa shape index (κ1) is 22.3. The van der Waals surface area contributed by atoms with E-state index in [4.69, 9.17) is 9.31 Å². The molecule has 0 saturated carbocycles. The largest absolute Gasteiger partial charge is 0.494 e. The highest BCUT2D eigenvalue weighted by Crippen LogP contribution is 2.51. The number of anilines is 3. The van der Waals surface area contributed by atoms with Crippen molar-refractivity contribution in [3.63, 3.8) is 0 Å². The predicted molar refractivity (Wildman–Crippen MR) is 140 cm³/mol. The average molecular weight is 455 g/mol. The van der Waals surface area contributed by atoms with E-state index in [2.05, 4.69) is 119 Å². The zero-order valence-corrected chi connectivity index (χ0v) is 21.0. The Morgan fingerprint density at radius 2 is 1.55 bits per heavy atom. The van der Waals surface area contributed by atoms with Crippen LogP contribution in [0.4, 0.5) is 17.1 Å². The summed E-state index contributed by atoms with van der Waals surface area (Å²) in [6.45, 7) is 12.6. The number of allylic oxidation sites excluding steroid dienone is 1. The van der Waals surface area contributed by atoms with E-state index in [0.717, 1.165) is 11.2 Å². The molecule has 0 radical (unpaired) electrons. The Labute approximate surface area is 201 Å². The Bertz CT molecular complexity index is 1230. The van der Waals surface area contributed by atoms with Gasteiger partial charge in [0, 0.05) is 15.5 Å². The van der Waals surface area contributed by atoms with E-state index in [9.17, 15) is 0 Å². The minimum Gasteiger partial charge on any atom is -0.399 e. The number of hydrogen-bond donors (Lipinski definition) is 0. The third-order valence-corrected chi connectivity index (χ3v) is 8.06. The summed E-state index contributed by atoms with van der Waals surface area (Å²) >= 11 is 1.80. The summed E-state index contributed by atoms with van der Waals surface area (Å²) < 4.78 is 12.7. The molecule has 0 aromatic heterocycles. The maximum Gasteiger partial charge on any atom is 0.494 e. The van der Waals surface area contributed by atoms with Gasteiger partial charge in [-0.2, -0.15) is 0 Å². The quantitative estimate of drug-likeness (QED) is 0.303. The van der Waals surface area contributed by atoms with E-state index in [1.54, 1.807) is 11.8 Å². The molecule has 3 aromatic carbocycles. The lowest BCUT2D eigenvalue weighted by Crippen LogP contribution is -2.41. The van der Waals surface area contributed by atoms with Gasteiger partial charge in [0.05, 0.1) is 22.6 Å². The molecule has 168 valence electrons. The summed E-state index contributed by atoms with van der Waals surface area (Å²) in [6, 6.07) is 21.9. The van der Waals surface area contributed by atoms with E-state index < -0.39 is 0 Å². The molecule has 0 amide bonds. The summed E-state index contributed by atoms with van der Waals surface area (Å²) in [5, 5.41) is 0. The Balaban J connectivity index is 1.60. The number of nitrogens with zero attached hydrogens (tertiary/aromatic N) is 1. The van der Waals surface area contributed by atoms with Crippen LogP contribution in [0.1, 0.15) is 45.7 Å². The summed E-state index contributed by atoms with van der Waals surface area (Å²) in [7, 11) is -0.368. The van der Waals surface area contributed by atoms with Crippen molar-refractivity contribution in [3.05, 3.63) is 77.9 Å². The van der Waals surface area contributed by atoms with Gasteiger partial charge < -0.3 is 14.2 Å². The summed E-state index contributed by atoms with van der Waals surface area (Å²) in [5.41, 5.74) is 6.38. The van der Waals surface area contributed by atoms with Gasteiger partial charge in [0.15, 0.2) is 0 Å². The van der Waals surface area contributed by atoms with Crippen LogP contribution in [0.3, 0.4) is 0 Å². The van der Waals surface area contributed by atoms with Crippen molar-refractivity contribution in [2.75, 3.05) is 4.90 Å². The normalized spacial score (nSPS) is 18.5. The van der Waals surface area contributed by atoms with Gasteiger partial charge >= 0.3 is 7.12 Å². The van der Waals surface area contributed by atoms with E-state index in [1.165, 1.54) is 32.3 Å². The SMILES string of the molecule is C/C=C\c1cc(N2c3ccccc3Sc3cc(B4OC(C)(C)C(C)(C)O4)ccc32)ccc1C. The molecule has 0 bridgehead atoms. The van der Waals surface area contributed by atoms with Crippen molar-refractivity contribution < 1.29 is 9.31 Å². The molecule has 2 aliphatic rings. The van der Waals surface area contributed by atoms with Gasteiger partial charge in [-0.05, 0) is 94.5 Å². The fraction of sp³-hybridized carbons (Fsp3) is 0.286. The molecule has 0 spiro atoms. The van der Waals surface area contributed by atoms with Crippen LogP contribution < -0.4 is 10.4 Å². The highest BCUT2D eigenvalue weighted by Gasteiger charge is 2.51. The van der Waals surface area contributed by atoms with E-state index in [0.29, 0.717) is 0 Å². The lowest BCUT2D eigenvalue weighted by molar-refractivity contribution is 0.00578. The van der Waals surface area contributed by atoms with Crippen LogP contribution in [0.5, 0.6) is 0 Å². The van der Waals surface area contributed by atoms with Crippen molar-refractivity contribution in [1.29, 1.82) is 0 Å². The Morgan fingerprint density at radius 1 is 0.848 bits per heavy atom. The van der Waals surface area contributed by atoms with Gasteiger partial charge in [-0.1, -0.05) is 48.2 Å². The number of fused-ring (bicyclic) bond motifs is 2. The van der Waals surface area contributed by atoms with Crippen LogP contribution in [0.15, 0.2) is 76.5 Å². The molecule has 5 heteroatoms. The van der Waals surface area contributed by atoms with E-state index in [1.807, 2.05) is 0 Å². The van der Waals surface area contributed by atoms with Gasteiger partial charge in [-0.25, -0.2) is 0 Å². The molecule has 2 heterocycles. The second-order valence-corrected chi connectivity index (χ2v) is 10.8.